The highest BCUT2D eigenvalue weighted by molar-refractivity contribution is 7.91. The first-order valence-corrected chi connectivity index (χ1v) is 10.5. The van der Waals surface area contributed by atoms with E-state index in [-0.39, 0.29) is 34.6 Å². The van der Waals surface area contributed by atoms with Gasteiger partial charge in [-0.3, -0.25) is 18.7 Å². The molecule has 0 N–H and O–H groups in total. The van der Waals surface area contributed by atoms with Gasteiger partial charge in [-0.1, -0.05) is 0 Å². The van der Waals surface area contributed by atoms with Gasteiger partial charge in [-0.25, -0.2) is 18.2 Å². The van der Waals surface area contributed by atoms with Crippen LogP contribution in [0.3, 0.4) is 0 Å². The minimum Gasteiger partial charge on any atom is -0.337 e. The van der Waals surface area contributed by atoms with Crippen molar-refractivity contribution in [1.29, 1.82) is 0 Å². The van der Waals surface area contributed by atoms with Gasteiger partial charge in [0.25, 0.3) is 5.56 Å². The van der Waals surface area contributed by atoms with E-state index >= 15 is 0 Å². The zero-order valence-corrected chi connectivity index (χ0v) is 16.6. The molecule has 1 saturated heterocycles. The maximum atomic E-state index is 13.1. The number of hydrogen-bond donors (Lipinski definition) is 0. The number of aromatic nitrogens is 4. The minimum atomic E-state index is -3.13. The molecule has 1 aliphatic rings. The number of likely N-dealkylation sites (N-methyl/N-ethyl adjacent to an activating group) is 1. The summed E-state index contributed by atoms with van der Waals surface area (Å²) >= 11 is 0. The quantitative estimate of drug-likeness (QED) is 0.655. The third kappa shape index (κ3) is 3.09. The second-order valence-corrected chi connectivity index (χ2v) is 9.12. The maximum absolute atomic E-state index is 13.1. The summed E-state index contributed by atoms with van der Waals surface area (Å²) in [5.74, 6) is -0.248. The molecule has 1 amide bonds. The monoisotopic (exact) mass is 397 g/mol. The molecule has 10 nitrogen and oxygen atoms in total. The lowest BCUT2D eigenvalue weighted by Gasteiger charge is -2.30. The fourth-order valence-corrected chi connectivity index (χ4v) is 5.36. The van der Waals surface area contributed by atoms with Crippen LogP contribution in [0.25, 0.3) is 11.2 Å². The van der Waals surface area contributed by atoms with Crippen LogP contribution >= 0.6 is 0 Å². The van der Waals surface area contributed by atoms with Crippen molar-refractivity contribution in [3.8, 4) is 0 Å². The van der Waals surface area contributed by atoms with E-state index in [0.29, 0.717) is 13.0 Å². The van der Waals surface area contributed by atoms with Crippen molar-refractivity contribution in [3.63, 3.8) is 0 Å². The molecule has 0 aromatic carbocycles. The number of rotatable bonds is 4. The maximum Gasteiger partial charge on any atom is 0.332 e. The first-order valence-electron chi connectivity index (χ1n) is 8.72. The Morgan fingerprint density at radius 1 is 1.33 bits per heavy atom. The summed E-state index contributed by atoms with van der Waals surface area (Å²) in [4.78, 5) is 43.4. The smallest absolute Gasteiger partial charge is 0.332 e. The molecule has 148 valence electrons. The van der Waals surface area contributed by atoms with Gasteiger partial charge in [0.05, 0.1) is 17.8 Å². The largest absolute Gasteiger partial charge is 0.337 e. The minimum absolute atomic E-state index is 0.0414. The second kappa shape index (κ2) is 6.63. The van der Waals surface area contributed by atoms with E-state index < -0.39 is 27.1 Å². The van der Waals surface area contributed by atoms with Crippen molar-refractivity contribution in [3.05, 3.63) is 27.2 Å². The summed E-state index contributed by atoms with van der Waals surface area (Å²) in [6.07, 6.45) is 1.78. The lowest BCUT2D eigenvalue weighted by atomic mass is 10.2. The summed E-state index contributed by atoms with van der Waals surface area (Å²) in [6.45, 7) is 3.80. The Hall–Kier alpha value is -2.43. The zero-order chi connectivity index (χ0) is 20.1. The molecule has 3 heterocycles. The average Bonchev–Trinajstić information content (AvgIpc) is 3.21. The molecule has 2 aromatic rings. The number of carbonyl (C=O) groups is 1. The lowest BCUT2D eigenvalue weighted by molar-refractivity contribution is -0.135. The molecule has 0 spiro atoms. The molecule has 2 aromatic heterocycles. The van der Waals surface area contributed by atoms with Crippen LogP contribution in [0, 0.1) is 0 Å². The van der Waals surface area contributed by atoms with Crippen molar-refractivity contribution >= 4 is 26.9 Å². The van der Waals surface area contributed by atoms with E-state index in [1.165, 1.54) is 29.6 Å². The molecule has 0 aliphatic carbocycles. The van der Waals surface area contributed by atoms with Crippen molar-refractivity contribution in [2.75, 3.05) is 18.1 Å². The van der Waals surface area contributed by atoms with Crippen molar-refractivity contribution in [2.45, 2.75) is 32.4 Å². The van der Waals surface area contributed by atoms with E-state index in [9.17, 15) is 22.8 Å². The number of aryl methyl sites for hydroxylation is 1. The van der Waals surface area contributed by atoms with Crippen LogP contribution in [0.4, 0.5) is 0 Å². The van der Waals surface area contributed by atoms with E-state index in [4.69, 9.17) is 0 Å². The van der Waals surface area contributed by atoms with Gasteiger partial charge in [0.2, 0.25) is 5.91 Å². The van der Waals surface area contributed by atoms with Gasteiger partial charge < -0.3 is 9.47 Å². The summed E-state index contributed by atoms with van der Waals surface area (Å²) in [7, 11) is -0.245. The summed E-state index contributed by atoms with van der Waals surface area (Å²) in [5.41, 5.74) is -0.662. The molecular formula is C16H23N5O5S. The Balaban J connectivity index is 2.03. The number of nitrogens with zero attached hydrogens (tertiary/aromatic N) is 5. The Labute approximate surface area is 155 Å². The van der Waals surface area contributed by atoms with Crippen molar-refractivity contribution in [2.24, 2.45) is 14.1 Å². The topological polar surface area (TPSA) is 116 Å². The third-order valence-electron chi connectivity index (χ3n) is 5.22. The zero-order valence-electron chi connectivity index (χ0n) is 15.7. The predicted molar refractivity (Wildman–Crippen MR) is 99.4 cm³/mol. The Bertz CT molecular complexity index is 1130. The standard InChI is InChI=1S/C16H23N5O5S/c1-5-20(11-6-7-27(25,26)8-11)14(22)10(2)21-9-17-13-12(21)15(23)19(4)16(24)18(13)3/h9-11H,5-8H2,1-4H3/t10-,11+/m1/s1. The fourth-order valence-electron chi connectivity index (χ4n) is 3.63. The Morgan fingerprint density at radius 2 is 2.00 bits per heavy atom. The summed E-state index contributed by atoms with van der Waals surface area (Å²) < 4.78 is 27.2. The molecule has 27 heavy (non-hydrogen) atoms. The van der Waals surface area contributed by atoms with E-state index in [1.54, 1.807) is 18.7 Å². The van der Waals surface area contributed by atoms with Gasteiger partial charge in [0.1, 0.15) is 6.04 Å². The molecule has 0 radical (unpaired) electrons. The van der Waals surface area contributed by atoms with Gasteiger partial charge >= 0.3 is 5.69 Å². The molecule has 0 saturated carbocycles. The lowest BCUT2D eigenvalue weighted by Crippen LogP contribution is -2.44. The molecular weight excluding hydrogens is 374 g/mol. The Kier molecular flexibility index (Phi) is 4.74. The van der Waals surface area contributed by atoms with E-state index in [1.807, 2.05) is 0 Å². The highest BCUT2D eigenvalue weighted by Crippen LogP contribution is 2.22. The van der Waals surface area contributed by atoms with Crippen LogP contribution in [0.15, 0.2) is 15.9 Å². The number of fused-ring (bicyclic) bond motifs is 1. The number of amides is 1. The number of sulfone groups is 1. The molecule has 3 rings (SSSR count). The summed E-state index contributed by atoms with van der Waals surface area (Å²) in [6, 6.07) is -1.12. The molecule has 0 unspecified atom stereocenters. The van der Waals surface area contributed by atoms with Crippen LogP contribution in [0.1, 0.15) is 26.3 Å². The number of imidazole rings is 1. The fraction of sp³-hybridized carbons (Fsp3) is 0.625. The average molecular weight is 397 g/mol. The summed E-state index contributed by atoms with van der Waals surface area (Å²) in [5, 5.41) is 0. The molecule has 11 heteroatoms. The van der Waals surface area contributed by atoms with Crippen LogP contribution in [0.5, 0.6) is 0 Å². The van der Waals surface area contributed by atoms with Crippen LogP contribution in [0.2, 0.25) is 0 Å². The van der Waals surface area contributed by atoms with Gasteiger partial charge in [0.15, 0.2) is 21.0 Å². The second-order valence-electron chi connectivity index (χ2n) is 6.89. The number of carbonyl (C=O) groups excluding carboxylic acids is 1. The van der Waals surface area contributed by atoms with Crippen molar-refractivity contribution in [1.82, 2.24) is 23.6 Å². The van der Waals surface area contributed by atoms with E-state index in [0.717, 1.165) is 4.57 Å². The third-order valence-corrected chi connectivity index (χ3v) is 6.97. The van der Waals surface area contributed by atoms with Crippen molar-refractivity contribution < 1.29 is 13.2 Å². The van der Waals surface area contributed by atoms with Gasteiger partial charge in [-0.05, 0) is 20.3 Å². The molecule has 1 fully saturated rings. The highest BCUT2D eigenvalue weighted by atomic mass is 32.2. The first kappa shape index (κ1) is 19.3. The highest BCUT2D eigenvalue weighted by Gasteiger charge is 2.36. The van der Waals surface area contributed by atoms with Crippen LogP contribution < -0.4 is 11.2 Å². The molecule has 1 aliphatic heterocycles. The molecule has 0 bridgehead atoms. The number of hydrogen-bond acceptors (Lipinski definition) is 6. The van der Waals surface area contributed by atoms with Gasteiger partial charge in [0, 0.05) is 26.7 Å². The van der Waals surface area contributed by atoms with Crippen LogP contribution in [-0.4, -0.2) is 62.0 Å². The predicted octanol–water partition coefficient (Wildman–Crippen LogP) is -0.970. The first-order chi connectivity index (χ1) is 12.6. The van der Waals surface area contributed by atoms with E-state index in [2.05, 4.69) is 4.98 Å². The van der Waals surface area contributed by atoms with Crippen LogP contribution in [-0.2, 0) is 28.7 Å². The van der Waals surface area contributed by atoms with Gasteiger partial charge in [-0.2, -0.15) is 0 Å². The normalized spacial score (nSPS) is 20.1. The Morgan fingerprint density at radius 3 is 2.56 bits per heavy atom. The molecule has 2 atom stereocenters. The SMILES string of the molecule is CCN(C(=O)[C@@H](C)n1cnc2c1c(=O)n(C)c(=O)n2C)[C@H]1CCS(=O)(=O)C1. The van der Waals surface area contributed by atoms with Gasteiger partial charge in [-0.15, -0.1) is 0 Å².